The third-order valence-corrected chi connectivity index (χ3v) is 7.78. The summed E-state index contributed by atoms with van der Waals surface area (Å²) in [6.45, 7) is 7.39. The van der Waals surface area contributed by atoms with E-state index in [4.69, 9.17) is 4.42 Å². The van der Waals surface area contributed by atoms with Crippen molar-refractivity contribution >= 4 is 39.0 Å². The minimum atomic E-state index is -4.98. The topological polar surface area (TPSA) is 82.6 Å². The Hall–Kier alpha value is -3.04. The van der Waals surface area contributed by atoms with E-state index in [1.165, 1.54) is 4.90 Å². The number of carboxylic acids is 1. The molecule has 41 heavy (non-hydrogen) atoms. The number of allylic oxidation sites excluding steroid dienone is 4. The number of rotatable bonds is 10. The molecule has 1 atom stereocenters. The maximum atomic E-state index is 13.5. The standard InChI is InChI=1S/C27H29F6IN4O3/c1-5-22(7-6-8-24(39)40)41-23-10-17(3)16(2)9-19(23)15-38(25-35-34-37(4)36-25)14-18-11-20(26(28,29)30)13-21(12-18)27(31,32)33/h9-13,22H,2,5-8,14-15H2,1,3-4H3. The van der Waals surface area contributed by atoms with Gasteiger partial charge in [0.25, 0.3) is 12.1 Å². The largest absolute Gasteiger partial charge is 0.550 e. The first kappa shape index (κ1) is 32.5. The lowest BCUT2D eigenvalue weighted by atomic mass is 9.95. The molecule has 3 rings (SSSR count). The molecule has 0 bridgehead atoms. The van der Waals surface area contributed by atoms with Crippen molar-refractivity contribution < 1.29 is 40.7 Å². The van der Waals surface area contributed by atoms with Gasteiger partial charge >= 0.3 is 18.1 Å². The van der Waals surface area contributed by atoms with Gasteiger partial charge in [0.2, 0.25) is 0 Å². The van der Waals surface area contributed by atoms with Crippen LogP contribution in [0.3, 0.4) is 0 Å². The van der Waals surface area contributed by atoms with E-state index in [0.717, 1.165) is 5.57 Å². The minimum absolute atomic E-state index is 0.00508. The van der Waals surface area contributed by atoms with Crippen LogP contribution < -0.4 is 5.11 Å². The zero-order valence-electron chi connectivity index (χ0n) is 22.6. The highest BCUT2D eigenvalue weighted by Gasteiger charge is 2.37. The van der Waals surface area contributed by atoms with E-state index in [2.05, 4.69) is 14.8 Å². The van der Waals surface area contributed by atoms with Crippen molar-refractivity contribution in [3.63, 3.8) is 0 Å². The van der Waals surface area contributed by atoms with Gasteiger partial charge in [-0.05, 0) is 60.8 Å². The molecule has 1 unspecified atom stereocenters. The third-order valence-electron chi connectivity index (χ3n) is 6.29. The Kier molecular flexibility index (Phi) is 10.5. The number of nitrogens with zero attached hydrogens (tertiary/aromatic N) is 4. The number of carbonyl (C=O) groups is 1. The number of halogens is 7. The van der Waals surface area contributed by atoms with E-state index in [0.29, 0.717) is 48.3 Å². The summed E-state index contributed by atoms with van der Waals surface area (Å²) in [7, 11) is 1.68. The lowest BCUT2D eigenvalue weighted by molar-refractivity contribution is -0.503. The van der Waals surface area contributed by atoms with E-state index in [-0.39, 0.29) is 43.2 Å². The molecule has 224 valence electrons. The van der Waals surface area contributed by atoms with E-state index < -0.39 is 50.8 Å². The normalized spacial score (nSPS) is 17.7. The smallest absolute Gasteiger partial charge is 0.416 e. The number of ketones is 1. The molecule has 1 aromatic carbocycles. The fourth-order valence-corrected chi connectivity index (χ4v) is 5.30. The van der Waals surface area contributed by atoms with Crippen LogP contribution >= 0.6 is 21.3 Å². The second kappa shape index (κ2) is 13.3. The van der Waals surface area contributed by atoms with Crippen molar-refractivity contribution in [3.8, 4) is 0 Å². The molecule has 0 amide bonds. The monoisotopic (exact) mass is 698 g/mol. The van der Waals surface area contributed by atoms with Gasteiger partial charge in [-0.25, -0.2) is 3.22 Å². The summed E-state index contributed by atoms with van der Waals surface area (Å²) < 4.78 is 93.3. The van der Waals surface area contributed by atoms with E-state index >= 15 is 0 Å². The summed E-state index contributed by atoms with van der Waals surface area (Å²) in [6.07, 6.45) is -5.54. The predicted molar refractivity (Wildman–Crippen MR) is 147 cm³/mol. The van der Waals surface area contributed by atoms with Gasteiger partial charge in [-0.2, -0.15) is 29.5 Å². The highest BCUT2D eigenvalue weighted by Crippen LogP contribution is 2.37. The van der Waals surface area contributed by atoms with Gasteiger partial charge in [0, 0.05) is 38.5 Å². The average Bonchev–Trinajstić information content (AvgIpc) is 3.30. The molecule has 1 aliphatic heterocycles. The Balaban J connectivity index is 2.00. The Bertz CT molecular complexity index is 1300. The summed E-state index contributed by atoms with van der Waals surface area (Å²) >= 11 is -0.891. The van der Waals surface area contributed by atoms with Crippen LogP contribution in [0.15, 0.2) is 61.9 Å². The van der Waals surface area contributed by atoms with Gasteiger partial charge in [-0.3, -0.25) is 4.42 Å². The van der Waals surface area contributed by atoms with E-state index in [1.807, 2.05) is 13.8 Å². The maximum absolute atomic E-state index is 13.5. The molecule has 0 aromatic heterocycles. The van der Waals surface area contributed by atoms with Crippen LogP contribution in [0.4, 0.5) is 26.3 Å². The number of benzene rings is 1. The molecule has 1 aliphatic carbocycles. The number of hydrogen-bond donors (Lipinski definition) is 0. The second-order valence-electron chi connectivity index (χ2n) is 9.57. The Morgan fingerprint density at radius 1 is 1.12 bits per heavy atom. The minimum Gasteiger partial charge on any atom is -0.550 e. The summed E-state index contributed by atoms with van der Waals surface area (Å²) in [5.74, 6) is -0.531. The average molecular weight is 698 g/mol. The first-order chi connectivity index (χ1) is 19.1. The SMILES string of the molecule is C=C1C=C(CN(Cc2cc(C(F)(F)F)cc(C(F)(F)F)c2)C2=NN(C)I=N2)C(=[O+]C(CC)CCCC(=O)[O-])C=C1C. The fourth-order valence-electron chi connectivity index (χ4n) is 4.11. The molecule has 1 heterocycles. The quantitative estimate of drug-likeness (QED) is 0.129. The molecule has 0 saturated heterocycles. The molecule has 14 heteroatoms. The van der Waals surface area contributed by atoms with Crippen LogP contribution in [0.1, 0.15) is 56.2 Å². The van der Waals surface area contributed by atoms with Gasteiger partial charge in [-0.15, -0.1) is 5.10 Å². The molecule has 2 aliphatic rings. The van der Waals surface area contributed by atoms with Crippen molar-refractivity contribution in [1.82, 2.24) is 8.12 Å². The Labute approximate surface area is 244 Å². The van der Waals surface area contributed by atoms with Gasteiger partial charge < -0.3 is 14.8 Å². The number of hydrogen-bond acceptors (Lipinski definition) is 6. The van der Waals surface area contributed by atoms with Gasteiger partial charge in [0.15, 0.2) is 0 Å². The van der Waals surface area contributed by atoms with Crippen LogP contribution in [0, 0.1) is 0 Å². The number of hydrazone groups is 1. The Morgan fingerprint density at radius 3 is 2.27 bits per heavy atom. The van der Waals surface area contributed by atoms with Crippen molar-refractivity contribution in [1.29, 1.82) is 0 Å². The molecule has 1 aromatic rings. The van der Waals surface area contributed by atoms with E-state index in [9.17, 15) is 36.2 Å². The molecule has 0 saturated carbocycles. The fraction of sp³-hybridized carbons (Fsp3) is 0.444. The number of guanidine groups is 1. The molecular weight excluding hydrogens is 669 g/mol. The van der Waals surface area contributed by atoms with Crippen LogP contribution in [-0.4, -0.2) is 45.5 Å². The van der Waals surface area contributed by atoms with Gasteiger partial charge in [-0.1, -0.05) is 13.5 Å². The highest BCUT2D eigenvalue weighted by atomic mass is 127. The first-order valence-corrected chi connectivity index (χ1v) is 14.5. The van der Waals surface area contributed by atoms with Crippen LogP contribution in [-0.2, 0) is 28.1 Å². The lowest BCUT2D eigenvalue weighted by Crippen LogP contribution is -2.34. The summed E-state index contributed by atoms with van der Waals surface area (Å²) in [6, 6.07) is 1.48. The highest BCUT2D eigenvalue weighted by molar-refractivity contribution is 14.1. The molecular formula is C27H29F6IN4O3. The van der Waals surface area contributed by atoms with Gasteiger partial charge in [0.05, 0.1) is 23.2 Å². The van der Waals surface area contributed by atoms with Crippen molar-refractivity contribution in [2.24, 2.45) is 8.25 Å². The van der Waals surface area contributed by atoms with Crippen molar-refractivity contribution in [3.05, 3.63) is 70.3 Å². The molecule has 0 N–H and O–H groups in total. The maximum Gasteiger partial charge on any atom is 0.416 e. The van der Waals surface area contributed by atoms with Crippen molar-refractivity contribution in [2.45, 2.75) is 64.5 Å². The number of alkyl halides is 6. The number of carbonyl (C=O) groups excluding carboxylic acids is 2. The summed E-state index contributed by atoms with van der Waals surface area (Å²) in [5.41, 5.74) is -0.979. The zero-order valence-corrected chi connectivity index (χ0v) is 24.7. The molecule has 7 nitrogen and oxygen atoms in total. The predicted octanol–water partition coefficient (Wildman–Crippen LogP) is 6.06. The zero-order chi connectivity index (χ0) is 30.5. The molecule has 0 fully saturated rings. The lowest BCUT2D eigenvalue weighted by Gasteiger charge is -2.24. The van der Waals surface area contributed by atoms with Gasteiger partial charge in [0.1, 0.15) is 21.3 Å². The van der Waals surface area contributed by atoms with Crippen molar-refractivity contribution in [2.75, 3.05) is 13.6 Å². The van der Waals surface area contributed by atoms with Crippen LogP contribution in [0.2, 0.25) is 0 Å². The number of aliphatic carboxylic acids is 1. The molecule has 0 radical (unpaired) electrons. The van der Waals surface area contributed by atoms with Crippen LogP contribution in [0.5, 0.6) is 0 Å². The van der Waals surface area contributed by atoms with E-state index in [1.54, 1.807) is 22.4 Å². The summed E-state index contributed by atoms with van der Waals surface area (Å²) in [5, 5.41) is 15.1. The third kappa shape index (κ3) is 9.23. The van der Waals surface area contributed by atoms with Crippen LogP contribution in [0.25, 0.3) is 0 Å². The summed E-state index contributed by atoms with van der Waals surface area (Å²) in [4.78, 5) is 12.3. The first-order valence-electron chi connectivity index (χ1n) is 12.6. The number of carboxylic acid groups (broad SMARTS) is 1. The second-order valence-corrected chi connectivity index (χ2v) is 11.9. The molecule has 0 spiro atoms. The Morgan fingerprint density at radius 2 is 1.76 bits per heavy atom.